The lowest BCUT2D eigenvalue weighted by atomic mass is 10.0. The average molecular weight is 413 g/mol. The van der Waals surface area contributed by atoms with Crippen molar-refractivity contribution in [3.05, 3.63) is 96.4 Å². The van der Waals surface area contributed by atoms with Crippen molar-refractivity contribution in [2.75, 3.05) is 26.2 Å². The molecule has 0 atom stereocenters. The molecular weight excluding hydrogens is 387 g/mol. The first-order chi connectivity index (χ1) is 15.3. The molecule has 1 aliphatic heterocycles. The van der Waals surface area contributed by atoms with E-state index in [1.54, 1.807) is 6.07 Å². The molecule has 31 heavy (non-hydrogen) atoms. The summed E-state index contributed by atoms with van der Waals surface area (Å²) in [5.41, 5.74) is 5.68. The maximum Gasteiger partial charge on any atom is 0.132 e. The van der Waals surface area contributed by atoms with Crippen LogP contribution in [-0.4, -0.2) is 40.9 Å². The Hall–Kier alpha value is -3.28. The summed E-state index contributed by atoms with van der Waals surface area (Å²) in [7, 11) is 0. The van der Waals surface area contributed by atoms with Crippen molar-refractivity contribution in [3.63, 3.8) is 0 Å². The molecule has 2 heterocycles. The molecular formula is C26H25FN4. The van der Waals surface area contributed by atoms with E-state index in [1.165, 1.54) is 11.6 Å². The molecule has 0 amide bonds. The fraction of sp³-hybridized carbons (Fsp3) is 0.192. The van der Waals surface area contributed by atoms with Gasteiger partial charge in [-0.3, -0.25) is 4.90 Å². The summed E-state index contributed by atoms with van der Waals surface area (Å²) in [6.07, 6.45) is 1.88. The Labute approximate surface area is 182 Å². The van der Waals surface area contributed by atoms with E-state index in [9.17, 15) is 4.39 Å². The Balaban J connectivity index is 1.54. The highest BCUT2D eigenvalue weighted by Crippen LogP contribution is 2.30. The maximum absolute atomic E-state index is 14.8. The van der Waals surface area contributed by atoms with Crippen molar-refractivity contribution in [2.24, 2.45) is 0 Å². The standard InChI is InChI=1S/C26H25FN4/c27-25-9-5-4-8-24(25)26-22(19-30-16-14-28-15-17-30)18-29-31(26)23-12-10-21(11-13-23)20-6-2-1-3-7-20/h1-13,18,28H,14-17,19H2. The number of nitrogens with one attached hydrogen (secondary N) is 1. The minimum Gasteiger partial charge on any atom is -0.314 e. The number of hydrogen-bond donors (Lipinski definition) is 1. The molecule has 1 fully saturated rings. The van der Waals surface area contributed by atoms with Gasteiger partial charge in [0.2, 0.25) is 0 Å². The molecule has 1 N–H and O–H groups in total. The molecule has 0 saturated carbocycles. The van der Waals surface area contributed by atoms with Crippen LogP contribution in [-0.2, 0) is 6.54 Å². The molecule has 4 aromatic rings. The van der Waals surface area contributed by atoms with E-state index in [0.717, 1.165) is 55.2 Å². The lowest BCUT2D eigenvalue weighted by Crippen LogP contribution is -2.42. The van der Waals surface area contributed by atoms with E-state index >= 15 is 0 Å². The lowest BCUT2D eigenvalue weighted by Gasteiger charge is -2.27. The van der Waals surface area contributed by atoms with Gasteiger partial charge in [-0.2, -0.15) is 5.10 Å². The van der Waals surface area contributed by atoms with Gasteiger partial charge in [-0.25, -0.2) is 9.07 Å². The third-order valence-electron chi connectivity index (χ3n) is 5.80. The smallest absolute Gasteiger partial charge is 0.132 e. The quantitative estimate of drug-likeness (QED) is 0.514. The molecule has 0 unspecified atom stereocenters. The van der Waals surface area contributed by atoms with Crippen LogP contribution in [0.2, 0.25) is 0 Å². The van der Waals surface area contributed by atoms with Crippen molar-refractivity contribution in [2.45, 2.75) is 6.54 Å². The predicted octanol–water partition coefficient (Wildman–Crippen LogP) is 4.75. The summed E-state index contributed by atoms with van der Waals surface area (Å²) in [5.74, 6) is -0.230. The van der Waals surface area contributed by atoms with E-state index in [-0.39, 0.29) is 5.82 Å². The fourth-order valence-electron chi connectivity index (χ4n) is 4.17. The van der Waals surface area contributed by atoms with Gasteiger partial charge in [0.25, 0.3) is 0 Å². The van der Waals surface area contributed by atoms with Crippen molar-refractivity contribution in [1.29, 1.82) is 0 Å². The minimum atomic E-state index is -0.230. The molecule has 0 bridgehead atoms. The van der Waals surface area contributed by atoms with Crippen molar-refractivity contribution in [1.82, 2.24) is 20.0 Å². The van der Waals surface area contributed by atoms with Gasteiger partial charge in [-0.05, 0) is 35.4 Å². The fourth-order valence-corrected chi connectivity index (χ4v) is 4.17. The molecule has 4 nitrogen and oxygen atoms in total. The Morgan fingerprint density at radius 1 is 0.806 bits per heavy atom. The van der Waals surface area contributed by atoms with Crippen molar-refractivity contribution in [3.8, 4) is 28.1 Å². The van der Waals surface area contributed by atoms with Gasteiger partial charge < -0.3 is 5.32 Å². The van der Waals surface area contributed by atoms with Crippen LogP contribution in [0.15, 0.2) is 85.1 Å². The number of benzene rings is 3. The first-order valence-electron chi connectivity index (χ1n) is 10.7. The number of halogens is 1. The topological polar surface area (TPSA) is 33.1 Å². The average Bonchev–Trinajstić information content (AvgIpc) is 3.24. The van der Waals surface area contributed by atoms with Crippen molar-refractivity contribution < 1.29 is 4.39 Å². The van der Waals surface area contributed by atoms with Gasteiger partial charge in [0.15, 0.2) is 0 Å². The highest BCUT2D eigenvalue weighted by molar-refractivity contribution is 5.68. The third kappa shape index (κ3) is 4.15. The molecule has 1 aliphatic rings. The van der Waals surface area contributed by atoms with Gasteiger partial charge in [0.1, 0.15) is 5.82 Å². The SMILES string of the molecule is Fc1ccccc1-c1c(CN2CCNCC2)cnn1-c1ccc(-c2ccccc2)cc1. The van der Waals surface area contributed by atoms with E-state index < -0.39 is 0 Å². The Kier molecular flexibility index (Phi) is 5.61. The number of aromatic nitrogens is 2. The zero-order chi connectivity index (χ0) is 21.0. The monoisotopic (exact) mass is 412 g/mol. The summed E-state index contributed by atoms with van der Waals surface area (Å²) in [5, 5.41) is 8.06. The van der Waals surface area contributed by atoms with Gasteiger partial charge in [-0.15, -0.1) is 0 Å². The number of nitrogens with zero attached hydrogens (tertiary/aromatic N) is 3. The first kappa shape index (κ1) is 19.7. The van der Waals surface area contributed by atoms with Crippen LogP contribution in [0.5, 0.6) is 0 Å². The number of rotatable bonds is 5. The molecule has 1 aromatic heterocycles. The maximum atomic E-state index is 14.8. The molecule has 5 heteroatoms. The largest absolute Gasteiger partial charge is 0.314 e. The number of hydrogen-bond acceptors (Lipinski definition) is 3. The van der Waals surface area contributed by atoms with Crippen LogP contribution in [0.25, 0.3) is 28.1 Å². The second-order valence-electron chi connectivity index (χ2n) is 7.85. The highest BCUT2D eigenvalue weighted by atomic mass is 19.1. The minimum absolute atomic E-state index is 0.230. The van der Waals surface area contributed by atoms with Crippen LogP contribution < -0.4 is 5.32 Å². The van der Waals surface area contributed by atoms with Crippen LogP contribution in [0.4, 0.5) is 4.39 Å². The Morgan fingerprint density at radius 3 is 2.23 bits per heavy atom. The molecule has 0 radical (unpaired) electrons. The summed E-state index contributed by atoms with van der Waals surface area (Å²) >= 11 is 0. The van der Waals surface area contributed by atoms with Gasteiger partial charge in [0.05, 0.1) is 17.6 Å². The molecule has 5 rings (SSSR count). The first-order valence-corrected chi connectivity index (χ1v) is 10.7. The van der Waals surface area contributed by atoms with Crippen LogP contribution in [0.1, 0.15) is 5.56 Å². The normalized spacial score (nSPS) is 14.6. The Morgan fingerprint density at radius 2 is 1.48 bits per heavy atom. The van der Waals surface area contributed by atoms with E-state index in [2.05, 4.69) is 39.6 Å². The summed E-state index contributed by atoms with van der Waals surface area (Å²) in [6.45, 7) is 4.67. The predicted molar refractivity (Wildman–Crippen MR) is 123 cm³/mol. The molecule has 0 spiro atoms. The zero-order valence-corrected chi connectivity index (χ0v) is 17.3. The van der Waals surface area contributed by atoms with Gasteiger partial charge in [0, 0.05) is 43.9 Å². The molecule has 156 valence electrons. The van der Waals surface area contributed by atoms with E-state index in [4.69, 9.17) is 0 Å². The van der Waals surface area contributed by atoms with Crippen molar-refractivity contribution >= 4 is 0 Å². The lowest BCUT2D eigenvalue weighted by molar-refractivity contribution is 0.233. The summed E-state index contributed by atoms with van der Waals surface area (Å²) < 4.78 is 16.7. The summed E-state index contributed by atoms with van der Waals surface area (Å²) in [6, 6.07) is 25.5. The van der Waals surface area contributed by atoms with E-state index in [0.29, 0.717) is 5.56 Å². The molecule has 0 aliphatic carbocycles. The van der Waals surface area contributed by atoms with Gasteiger partial charge >= 0.3 is 0 Å². The van der Waals surface area contributed by atoms with Crippen LogP contribution in [0.3, 0.4) is 0 Å². The second kappa shape index (κ2) is 8.84. The molecule has 1 saturated heterocycles. The van der Waals surface area contributed by atoms with Gasteiger partial charge in [-0.1, -0.05) is 54.6 Å². The second-order valence-corrected chi connectivity index (χ2v) is 7.85. The number of piperazine rings is 1. The van der Waals surface area contributed by atoms with Crippen LogP contribution in [0, 0.1) is 5.82 Å². The Bertz CT molecular complexity index is 1150. The highest BCUT2D eigenvalue weighted by Gasteiger charge is 2.20. The molecule has 3 aromatic carbocycles. The summed E-state index contributed by atoms with van der Waals surface area (Å²) in [4.78, 5) is 2.39. The zero-order valence-electron chi connectivity index (χ0n) is 17.3. The third-order valence-corrected chi connectivity index (χ3v) is 5.80. The van der Waals surface area contributed by atoms with Crippen LogP contribution >= 0.6 is 0 Å². The van der Waals surface area contributed by atoms with E-state index in [1.807, 2.05) is 53.3 Å².